The molecule has 3 aliphatic rings. The van der Waals surface area contributed by atoms with Crippen LogP contribution in [0.15, 0.2) is 188 Å². The maximum absolute atomic E-state index is 7.09. The largest absolute Gasteiger partial charge is 0.457 e. The Morgan fingerprint density at radius 2 is 1.00 bits per heavy atom. The number of aromatic nitrogens is 3. The summed E-state index contributed by atoms with van der Waals surface area (Å²) in [6.07, 6.45) is 3.67. The molecule has 0 saturated heterocycles. The van der Waals surface area contributed by atoms with Gasteiger partial charge in [-0.05, 0) is 98.1 Å². The van der Waals surface area contributed by atoms with Crippen molar-refractivity contribution in [1.82, 2.24) is 15.0 Å². The third-order valence-electron chi connectivity index (χ3n) is 12.9. The highest BCUT2D eigenvalue weighted by Gasteiger charge is 2.50. The molecule has 278 valence electrons. The number of ether oxygens (including phenoxy) is 1. The van der Waals surface area contributed by atoms with Gasteiger partial charge in [-0.25, -0.2) is 9.97 Å². The molecule has 0 fully saturated rings. The minimum atomic E-state index is -0.774. The molecule has 1 aliphatic heterocycles. The van der Waals surface area contributed by atoms with Crippen LogP contribution in [0.1, 0.15) is 47.2 Å². The van der Waals surface area contributed by atoms with Gasteiger partial charge < -0.3 is 4.74 Å². The molecule has 4 heteroatoms. The van der Waals surface area contributed by atoms with Gasteiger partial charge in [-0.3, -0.25) is 4.98 Å². The average molecular weight is 756 g/mol. The highest BCUT2D eigenvalue weighted by atomic mass is 16.5. The number of hydrogen-bond donors (Lipinski definition) is 0. The second-order valence-corrected chi connectivity index (χ2v) is 16.3. The van der Waals surface area contributed by atoms with Crippen molar-refractivity contribution in [2.24, 2.45) is 0 Å². The lowest BCUT2D eigenvalue weighted by Crippen LogP contribution is -2.35. The summed E-state index contributed by atoms with van der Waals surface area (Å²) in [7, 11) is 0. The van der Waals surface area contributed by atoms with Gasteiger partial charge in [0.25, 0.3) is 0 Å². The lowest BCUT2D eigenvalue weighted by atomic mass is 9.61. The van der Waals surface area contributed by atoms with Gasteiger partial charge in [0, 0.05) is 45.6 Å². The summed E-state index contributed by atoms with van der Waals surface area (Å²) in [5, 5.41) is 0. The van der Waals surface area contributed by atoms with Gasteiger partial charge >= 0.3 is 0 Å². The molecule has 2 aromatic heterocycles. The minimum Gasteiger partial charge on any atom is -0.457 e. The number of rotatable bonds is 3. The van der Waals surface area contributed by atoms with E-state index in [-0.39, 0.29) is 5.41 Å². The molecular formula is C55H37N3O. The Hall–Kier alpha value is -7.43. The second kappa shape index (κ2) is 12.5. The molecule has 9 aromatic rings. The summed E-state index contributed by atoms with van der Waals surface area (Å²) in [4.78, 5) is 14.9. The fraction of sp³-hybridized carbons (Fsp3) is 0.0727. The number of nitrogens with zero attached hydrogens (tertiary/aromatic N) is 3. The van der Waals surface area contributed by atoms with Crippen molar-refractivity contribution in [1.29, 1.82) is 0 Å². The van der Waals surface area contributed by atoms with Crippen LogP contribution in [-0.2, 0) is 10.8 Å². The van der Waals surface area contributed by atoms with E-state index in [0.717, 1.165) is 50.7 Å². The Kier molecular flexibility index (Phi) is 7.16. The number of benzene rings is 7. The monoisotopic (exact) mass is 755 g/mol. The van der Waals surface area contributed by atoms with Crippen LogP contribution in [-0.4, -0.2) is 15.0 Å². The third kappa shape index (κ3) is 4.80. The lowest BCUT2D eigenvalue weighted by molar-refractivity contribution is 0.433. The van der Waals surface area contributed by atoms with Crippen LogP contribution in [0.2, 0.25) is 0 Å². The topological polar surface area (TPSA) is 47.9 Å². The van der Waals surface area contributed by atoms with E-state index in [2.05, 4.69) is 170 Å². The van der Waals surface area contributed by atoms with E-state index in [1.165, 1.54) is 55.6 Å². The summed E-state index contributed by atoms with van der Waals surface area (Å²) in [6.45, 7) is 4.67. The molecule has 2 aliphatic carbocycles. The van der Waals surface area contributed by atoms with E-state index < -0.39 is 5.41 Å². The van der Waals surface area contributed by atoms with Crippen molar-refractivity contribution in [2.75, 3.05) is 0 Å². The predicted molar refractivity (Wildman–Crippen MR) is 237 cm³/mol. The van der Waals surface area contributed by atoms with Gasteiger partial charge in [0.1, 0.15) is 11.5 Å². The van der Waals surface area contributed by atoms with Gasteiger partial charge in [0.2, 0.25) is 0 Å². The van der Waals surface area contributed by atoms with Crippen LogP contribution in [0, 0.1) is 0 Å². The summed E-state index contributed by atoms with van der Waals surface area (Å²) < 4.78 is 7.09. The maximum Gasteiger partial charge on any atom is 0.160 e. The first-order valence-corrected chi connectivity index (χ1v) is 20.3. The van der Waals surface area contributed by atoms with Crippen LogP contribution < -0.4 is 4.74 Å². The van der Waals surface area contributed by atoms with E-state index in [1.807, 2.05) is 30.5 Å². The Morgan fingerprint density at radius 1 is 0.390 bits per heavy atom. The van der Waals surface area contributed by atoms with Crippen LogP contribution in [0.5, 0.6) is 11.5 Å². The van der Waals surface area contributed by atoms with E-state index in [0.29, 0.717) is 5.82 Å². The molecule has 3 heterocycles. The van der Waals surface area contributed by atoms with Gasteiger partial charge in [-0.2, -0.15) is 0 Å². The van der Waals surface area contributed by atoms with Crippen molar-refractivity contribution < 1.29 is 4.74 Å². The summed E-state index contributed by atoms with van der Waals surface area (Å²) in [5.41, 5.74) is 18.2. The fourth-order valence-electron chi connectivity index (χ4n) is 10.2. The van der Waals surface area contributed by atoms with Crippen LogP contribution >= 0.6 is 0 Å². The van der Waals surface area contributed by atoms with Crippen LogP contribution in [0.25, 0.3) is 67.3 Å². The first-order valence-electron chi connectivity index (χ1n) is 20.3. The van der Waals surface area contributed by atoms with Gasteiger partial charge in [-0.15, -0.1) is 0 Å². The minimum absolute atomic E-state index is 0.188. The number of para-hydroxylation sites is 1. The van der Waals surface area contributed by atoms with E-state index in [1.54, 1.807) is 6.20 Å². The van der Waals surface area contributed by atoms with E-state index >= 15 is 0 Å². The van der Waals surface area contributed by atoms with Gasteiger partial charge in [0.15, 0.2) is 5.82 Å². The SMILES string of the molecule is CC1(C)c2ccccc2-c2cc3c(cc21)Oc1ccccc1C31c2ccccc2-c2ccccc2-c2ccc(-c3cc(-c4cccnc4)nc(-c4ccccc4)n3)cc21. The molecule has 1 atom stereocenters. The van der Waals surface area contributed by atoms with Crippen molar-refractivity contribution in [2.45, 2.75) is 24.7 Å². The molecule has 0 bridgehead atoms. The molecule has 0 radical (unpaired) electrons. The highest BCUT2D eigenvalue weighted by Crippen LogP contribution is 2.63. The van der Waals surface area contributed by atoms with Gasteiger partial charge in [-0.1, -0.05) is 147 Å². The zero-order valence-corrected chi connectivity index (χ0v) is 32.6. The number of fused-ring (bicyclic) bond motifs is 14. The Bertz CT molecular complexity index is 3110. The highest BCUT2D eigenvalue weighted by molar-refractivity contribution is 5.95. The number of pyridine rings is 1. The number of hydrogen-bond acceptors (Lipinski definition) is 4. The molecule has 7 aromatic carbocycles. The molecule has 0 amide bonds. The predicted octanol–water partition coefficient (Wildman–Crippen LogP) is 13.3. The lowest BCUT2D eigenvalue weighted by Gasteiger charge is -2.43. The Morgan fingerprint density at radius 3 is 1.75 bits per heavy atom. The zero-order chi connectivity index (χ0) is 39.3. The smallest absolute Gasteiger partial charge is 0.160 e. The third-order valence-corrected chi connectivity index (χ3v) is 12.9. The normalized spacial score (nSPS) is 16.0. The Balaban J connectivity index is 1.22. The zero-order valence-electron chi connectivity index (χ0n) is 32.6. The Labute approximate surface area is 343 Å². The first kappa shape index (κ1) is 33.7. The van der Waals surface area contributed by atoms with Crippen molar-refractivity contribution >= 4 is 0 Å². The van der Waals surface area contributed by atoms with Gasteiger partial charge in [0.05, 0.1) is 16.8 Å². The first-order chi connectivity index (χ1) is 29.0. The fourth-order valence-corrected chi connectivity index (χ4v) is 10.2. The summed E-state index contributed by atoms with van der Waals surface area (Å²) in [6, 6.07) is 63.5. The molecule has 12 rings (SSSR count). The van der Waals surface area contributed by atoms with E-state index in [4.69, 9.17) is 14.7 Å². The average Bonchev–Trinajstić information content (AvgIpc) is 3.46. The molecule has 4 nitrogen and oxygen atoms in total. The molecule has 1 spiro atoms. The molecular weight excluding hydrogens is 719 g/mol. The quantitative estimate of drug-likeness (QED) is 0.180. The van der Waals surface area contributed by atoms with Crippen molar-refractivity contribution in [3.8, 4) is 78.8 Å². The maximum atomic E-state index is 7.09. The van der Waals surface area contributed by atoms with Crippen LogP contribution in [0.3, 0.4) is 0 Å². The molecule has 0 saturated carbocycles. The molecule has 1 unspecified atom stereocenters. The standard InChI is InChI=1S/C55H37N3O/c1-54(2)43-22-10-8-21-40(43)42-30-48-52(31-46(42)54)59-51-25-13-12-24-45(51)55(48)44-23-11-9-20-39(44)37-18-6-7-19-38(37)41-27-26-35(29-47(41)55)49-32-50(36-17-14-28-56-33-36)58-53(57-49)34-15-4-3-5-16-34/h3-33H,1-2H3. The van der Waals surface area contributed by atoms with E-state index in [9.17, 15) is 0 Å². The second-order valence-electron chi connectivity index (χ2n) is 16.3. The van der Waals surface area contributed by atoms with Crippen LogP contribution in [0.4, 0.5) is 0 Å². The molecule has 0 N–H and O–H groups in total. The summed E-state index contributed by atoms with van der Waals surface area (Å²) in [5.74, 6) is 2.41. The summed E-state index contributed by atoms with van der Waals surface area (Å²) >= 11 is 0. The molecule has 59 heavy (non-hydrogen) atoms. The van der Waals surface area contributed by atoms with Crippen molar-refractivity contribution in [3.05, 3.63) is 222 Å². The van der Waals surface area contributed by atoms with Crippen molar-refractivity contribution in [3.63, 3.8) is 0 Å².